The molecule has 0 radical (unpaired) electrons. The number of hydrogen-bond acceptors (Lipinski definition) is 5. The first-order valence-electron chi connectivity index (χ1n) is 9.61. The monoisotopic (exact) mass is 384 g/mol. The number of hydrogen-bond donors (Lipinski definition) is 2. The molecule has 0 amide bonds. The van der Waals surface area contributed by atoms with E-state index in [-0.39, 0.29) is 11.9 Å². The molecule has 1 aliphatic heterocycles. The van der Waals surface area contributed by atoms with Crippen molar-refractivity contribution in [3.63, 3.8) is 0 Å². The van der Waals surface area contributed by atoms with Gasteiger partial charge in [0.2, 0.25) is 0 Å². The number of rotatable bonds is 4. The zero-order valence-corrected chi connectivity index (χ0v) is 16.6. The predicted octanol–water partition coefficient (Wildman–Crippen LogP) is 3.30. The summed E-state index contributed by atoms with van der Waals surface area (Å²) >= 11 is 0. The minimum absolute atomic E-state index is 0.264. The summed E-state index contributed by atoms with van der Waals surface area (Å²) in [5.74, 6) is -1.52. The largest absolute Gasteiger partial charge is 0.480 e. The lowest BCUT2D eigenvalue weighted by Gasteiger charge is -2.40. The number of aliphatic carboxylic acids is 1. The number of carboxylic acids is 1. The molecule has 0 unspecified atom stereocenters. The maximum Gasteiger partial charge on any atom is 0.325 e. The number of nitrogens with zero attached hydrogens (tertiary/aromatic N) is 1. The van der Waals surface area contributed by atoms with Gasteiger partial charge in [0.05, 0.1) is 12.1 Å². The molecule has 1 heterocycles. The number of fused-ring (bicyclic) bond motifs is 1. The second-order valence-corrected chi connectivity index (χ2v) is 8.41. The molecule has 3 atom stereocenters. The molecule has 2 aromatic rings. The van der Waals surface area contributed by atoms with Gasteiger partial charge in [-0.05, 0) is 56.0 Å². The van der Waals surface area contributed by atoms with Gasteiger partial charge in [0.25, 0.3) is 0 Å². The van der Waals surface area contributed by atoms with Gasteiger partial charge in [-0.15, -0.1) is 0 Å². The van der Waals surface area contributed by atoms with Crippen molar-refractivity contribution in [3.05, 3.63) is 48.0 Å². The summed E-state index contributed by atoms with van der Waals surface area (Å²) < 4.78 is 5.47. The quantitative estimate of drug-likeness (QED) is 0.786. The molecule has 1 saturated heterocycles. The van der Waals surface area contributed by atoms with Gasteiger partial charge in [-0.25, -0.2) is 0 Å². The molecule has 0 bridgehead atoms. The predicted molar refractivity (Wildman–Crippen MR) is 108 cm³/mol. The molecule has 1 fully saturated rings. The summed E-state index contributed by atoms with van der Waals surface area (Å²) in [5.41, 5.74) is 6.46. The maximum absolute atomic E-state index is 12.4. The fourth-order valence-electron chi connectivity index (χ4n) is 3.79. The Kier molecular flexibility index (Phi) is 5.72. The van der Waals surface area contributed by atoms with Crippen LogP contribution in [0.2, 0.25) is 0 Å². The second kappa shape index (κ2) is 7.89. The van der Waals surface area contributed by atoms with E-state index in [9.17, 15) is 14.7 Å². The number of ether oxygens (including phenoxy) is 1. The molecule has 3 rings (SSSR count). The Morgan fingerprint density at radius 1 is 1.18 bits per heavy atom. The van der Waals surface area contributed by atoms with Crippen LogP contribution >= 0.6 is 0 Å². The van der Waals surface area contributed by atoms with Crippen LogP contribution in [0.25, 0.3) is 10.8 Å². The number of carbonyl (C=O) groups is 2. The summed E-state index contributed by atoms with van der Waals surface area (Å²) in [5, 5.41) is 12.0. The summed E-state index contributed by atoms with van der Waals surface area (Å²) in [4.78, 5) is 26.2. The lowest BCUT2D eigenvalue weighted by molar-refractivity contribution is -0.163. The Bertz CT molecular complexity index is 874. The van der Waals surface area contributed by atoms with E-state index in [1.165, 1.54) is 0 Å². The number of benzene rings is 2. The molecular formula is C22H28N2O4. The minimum Gasteiger partial charge on any atom is -0.480 e. The third kappa shape index (κ3) is 4.51. The van der Waals surface area contributed by atoms with Crippen molar-refractivity contribution in [2.24, 2.45) is 11.7 Å². The van der Waals surface area contributed by atoms with Crippen LogP contribution in [0.5, 0.6) is 0 Å². The van der Waals surface area contributed by atoms with Crippen molar-refractivity contribution in [2.75, 3.05) is 6.54 Å². The first-order chi connectivity index (χ1) is 13.2. The third-order valence-electron chi connectivity index (χ3n) is 5.08. The molecule has 0 saturated carbocycles. The SMILES string of the molecule is CC(C)(C)OC(=O)[C@@H]1CCN([C@H](C(=O)O)c2ccc3ccccc3c2)[C@H](N)C1. The van der Waals surface area contributed by atoms with Gasteiger partial charge < -0.3 is 15.6 Å². The topological polar surface area (TPSA) is 92.9 Å². The van der Waals surface area contributed by atoms with E-state index in [4.69, 9.17) is 10.5 Å². The van der Waals surface area contributed by atoms with Crippen molar-refractivity contribution in [2.45, 2.75) is 51.4 Å². The molecule has 6 heteroatoms. The average Bonchev–Trinajstić information content (AvgIpc) is 2.61. The second-order valence-electron chi connectivity index (χ2n) is 8.41. The van der Waals surface area contributed by atoms with Gasteiger partial charge in [-0.2, -0.15) is 0 Å². The number of likely N-dealkylation sites (tertiary alicyclic amines) is 1. The summed E-state index contributed by atoms with van der Waals surface area (Å²) in [6.45, 7) is 5.93. The Morgan fingerprint density at radius 2 is 1.86 bits per heavy atom. The van der Waals surface area contributed by atoms with Crippen LogP contribution in [0, 0.1) is 5.92 Å². The normalized spacial score (nSPS) is 22.0. The number of carboxylic acid groups (broad SMARTS) is 1. The minimum atomic E-state index is -0.943. The zero-order valence-electron chi connectivity index (χ0n) is 16.6. The van der Waals surface area contributed by atoms with Crippen LogP contribution in [0.3, 0.4) is 0 Å². The first kappa shape index (κ1) is 20.3. The van der Waals surface area contributed by atoms with Crippen LogP contribution in [0.1, 0.15) is 45.2 Å². The zero-order chi connectivity index (χ0) is 20.5. The maximum atomic E-state index is 12.4. The molecule has 0 aliphatic carbocycles. The van der Waals surface area contributed by atoms with Gasteiger partial charge in [-0.1, -0.05) is 36.4 Å². The Balaban J connectivity index is 1.79. The molecule has 3 N–H and O–H groups in total. The highest BCUT2D eigenvalue weighted by Crippen LogP contribution is 2.32. The van der Waals surface area contributed by atoms with E-state index in [1.54, 1.807) is 4.90 Å². The van der Waals surface area contributed by atoms with Crippen LogP contribution in [0.15, 0.2) is 42.5 Å². The average molecular weight is 384 g/mol. The van der Waals surface area contributed by atoms with Gasteiger partial charge in [0.1, 0.15) is 11.6 Å². The summed E-state index contributed by atoms with van der Waals surface area (Å²) in [6.07, 6.45) is 0.380. The number of carbonyl (C=O) groups excluding carboxylic acids is 1. The van der Waals surface area contributed by atoms with E-state index in [2.05, 4.69) is 0 Å². The first-order valence-corrected chi connectivity index (χ1v) is 9.61. The highest BCUT2D eigenvalue weighted by atomic mass is 16.6. The number of piperidine rings is 1. The van der Waals surface area contributed by atoms with Crippen molar-refractivity contribution in [1.82, 2.24) is 4.90 Å². The fourth-order valence-corrected chi connectivity index (χ4v) is 3.79. The Hall–Kier alpha value is -2.44. The molecular weight excluding hydrogens is 356 g/mol. The van der Waals surface area contributed by atoms with E-state index in [0.29, 0.717) is 24.9 Å². The van der Waals surface area contributed by atoms with Gasteiger partial charge in [0, 0.05) is 6.54 Å². The molecule has 0 aromatic heterocycles. The van der Waals surface area contributed by atoms with E-state index >= 15 is 0 Å². The summed E-state index contributed by atoms with van der Waals surface area (Å²) in [7, 11) is 0. The van der Waals surface area contributed by atoms with Crippen molar-refractivity contribution in [1.29, 1.82) is 0 Å². The van der Waals surface area contributed by atoms with E-state index in [0.717, 1.165) is 10.8 Å². The van der Waals surface area contributed by atoms with E-state index < -0.39 is 23.8 Å². The van der Waals surface area contributed by atoms with Crippen LogP contribution in [0.4, 0.5) is 0 Å². The lowest BCUT2D eigenvalue weighted by Crippen LogP contribution is -2.52. The van der Waals surface area contributed by atoms with Crippen molar-refractivity contribution in [3.8, 4) is 0 Å². The van der Waals surface area contributed by atoms with Crippen molar-refractivity contribution >= 4 is 22.7 Å². The summed E-state index contributed by atoms with van der Waals surface area (Å²) in [6, 6.07) is 12.7. The molecule has 28 heavy (non-hydrogen) atoms. The van der Waals surface area contributed by atoms with Gasteiger partial charge >= 0.3 is 11.9 Å². The molecule has 6 nitrogen and oxygen atoms in total. The fraction of sp³-hybridized carbons (Fsp3) is 0.455. The highest BCUT2D eigenvalue weighted by Gasteiger charge is 2.38. The van der Waals surface area contributed by atoms with Crippen molar-refractivity contribution < 1.29 is 19.4 Å². The number of esters is 1. The Morgan fingerprint density at radius 3 is 2.46 bits per heavy atom. The standard InChI is InChI=1S/C22H28N2O4/c1-22(2,3)28-21(27)17-10-11-24(18(23)13-17)19(20(25)26)16-9-8-14-6-4-5-7-15(14)12-16/h4-9,12,17-19H,10-11,13,23H2,1-3H3,(H,25,26)/t17-,18+,19+/m1/s1. The molecule has 150 valence electrons. The van der Waals surface area contributed by atoms with Gasteiger partial charge in [-0.3, -0.25) is 14.5 Å². The van der Waals surface area contributed by atoms with Crippen LogP contribution in [-0.2, 0) is 14.3 Å². The molecule has 2 aromatic carbocycles. The molecule has 1 aliphatic rings. The highest BCUT2D eigenvalue weighted by molar-refractivity contribution is 5.85. The molecule has 0 spiro atoms. The smallest absolute Gasteiger partial charge is 0.325 e. The third-order valence-corrected chi connectivity index (χ3v) is 5.08. The van der Waals surface area contributed by atoms with E-state index in [1.807, 2.05) is 63.2 Å². The van der Waals surface area contributed by atoms with Crippen LogP contribution in [-0.4, -0.2) is 40.3 Å². The van der Waals surface area contributed by atoms with Gasteiger partial charge in [0.15, 0.2) is 0 Å². The Labute approximate surface area is 165 Å². The number of nitrogens with two attached hydrogens (primary N) is 1. The lowest BCUT2D eigenvalue weighted by atomic mass is 9.91. The van der Waals surface area contributed by atoms with Crippen LogP contribution < -0.4 is 5.73 Å².